The molecule has 0 radical (unpaired) electrons. The molecule has 0 aliphatic rings. The molecule has 0 spiro atoms. The van der Waals surface area contributed by atoms with E-state index in [1.54, 1.807) is 0 Å². The minimum Gasteiger partial charge on any atom is -0.468 e. The molecule has 1 rings (SSSR count). The number of halogens is 4. The Kier molecular flexibility index (Phi) is 5.26. The fourth-order valence-electron chi connectivity index (χ4n) is 1.07. The van der Waals surface area contributed by atoms with E-state index in [4.69, 9.17) is 5.73 Å². The molecule has 0 aromatic heterocycles. The Bertz CT molecular complexity index is 401. The van der Waals surface area contributed by atoms with E-state index in [1.165, 1.54) is 0 Å². The van der Waals surface area contributed by atoms with E-state index in [2.05, 4.69) is 4.74 Å². The largest absolute Gasteiger partial charge is 0.468 e. The van der Waals surface area contributed by atoms with Crippen molar-refractivity contribution in [3.8, 4) is 0 Å². The van der Waals surface area contributed by atoms with Crippen molar-refractivity contribution >= 4 is 18.4 Å². The second-order valence-electron chi connectivity index (χ2n) is 2.76. The van der Waals surface area contributed by atoms with Gasteiger partial charge in [0.25, 0.3) is 0 Å². The van der Waals surface area contributed by atoms with Crippen LogP contribution in [-0.4, -0.2) is 13.1 Å². The van der Waals surface area contributed by atoms with E-state index in [0.717, 1.165) is 7.11 Å². The van der Waals surface area contributed by atoms with Crippen molar-refractivity contribution in [2.45, 2.75) is 6.04 Å². The molecule has 0 fully saturated rings. The molecule has 1 unspecified atom stereocenters. The predicted octanol–water partition coefficient (Wildman–Crippen LogP) is 1.70. The molecule has 1 aromatic carbocycles. The van der Waals surface area contributed by atoms with Crippen LogP contribution in [0.15, 0.2) is 12.1 Å². The maximum atomic E-state index is 13.1. The van der Waals surface area contributed by atoms with Crippen molar-refractivity contribution in [1.29, 1.82) is 0 Å². The molecule has 7 heteroatoms. The number of rotatable bonds is 2. The van der Waals surface area contributed by atoms with E-state index < -0.39 is 35.0 Å². The number of ether oxygens (including phenoxy) is 1. The van der Waals surface area contributed by atoms with Gasteiger partial charge in [-0.2, -0.15) is 0 Å². The van der Waals surface area contributed by atoms with Gasteiger partial charge in [-0.3, -0.25) is 4.79 Å². The topological polar surface area (TPSA) is 52.3 Å². The summed E-state index contributed by atoms with van der Waals surface area (Å²) < 4.78 is 43.1. The van der Waals surface area contributed by atoms with Crippen molar-refractivity contribution in [3.05, 3.63) is 35.1 Å². The van der Waals surface area contributed by atoms with Crippen LogP contribution in [0, 0.1) is 17.5 Å². The van der Waals surface area contributed by atoms with Crippen LogP contribution in [0.25, 0.3) is 0 Å². The third-order valence-corrected chi connectivity index (χ3v) is 1.85. The molecule has 0 aliphatic carbocycles. The summed E-state index contributed by atoms with van der Waals surface area (Å²) >= 11 is 0. The van der Waals surface area contributed by atoms with Gasteiger partial charge < -0.3 is 10.5 Å². The Balaban J connectivity index is 0.00000225. The normalized spacial score (nSPS) is 11.6. The average Bonchev–Trinajstić information content (AvgIpc) is 2.22. The lowest BCUT2D eigenvalue weighted by molar-refractivity contribution is -0.142. The van der Waals surface area contributed by atoms with Crippen LogP contribution in [0.5, 0.6) is 0 Å². The smallest absolute Gasteiger partial charge is 0.327 e. The first-order valence-corrected chi connectivity index (χ1v) is 3.95. The molecular weight excluding hydrogens is 247 g/mol. The summed E-state index contributed by atoms with van der Waals surface area (Å²) in [5.41, 5.74) is 4.37. The molecular formula is C9H9ClF3NO2. The summed E-state index contributed by atoms with van der Waals surface area (Å²) in [5, 5.41) is 0. The van der Waals surface area contributed by atoms with Crippen LogP contribution in [0.3, 0.4) is 0 Å². The summed E-state index contributed by atoms with van der Waals surface area (Å²) in [6, 6.07) is -0.375. The van der Waals surface area contributed by atoms with Crippen LogP contribution in [0.4, 0.5) is 13.2 Å². The number of nitrogens with two attached hydrogens (primary N) is 1. The zero-order chi connectivity index (χ0) is 11.6. The van der Waals surface area contributed by atoms with E-state index >= 15 is 0 Å². The lowest BCUT2D eigenvalue weighted by Crippen LogP contribution is -2.25. The van der Waals surface area contributed by atoms with E-state index in [0.29, 0.717) is 12.1 Å². The van der Waals surface area contributed by atoms with E-state index in [-0.39, 0.29) is 12.4 Å². The van der Waals surface area contributed by atoms with Gasteiger partial charge in [0.15, 0.2) is 11.6 Å². The highest BCUT2D eigenvalue weighted by Crippen LogP contribution is 2.22. The molecule has 90 valence electrons. The van der Waals surface area contributed by atoms with Gasteiger partial charge in [-0.05, 0) is 12.1 Å². The van der Waals surface area contributed by atoms with Crippen molar-refractivity contribution in [3.63, 3.8) is 0 Å². The van der Waals surface area contributed by atoms with E-state index in [1.807, 2.05) is 0 Å². The van der Waals surface area contributed by atoms with Gasteiger partial charge in [-0.15, -0.1) is 12.4 Å². The van der Waals surface area contributed by atoms with Gasteiger partial charge in [0.05, 0.1) is 12.7 Å². The minimum atomic E-state index is -1.68. The van der Waals surface area contributed by atoms with Gasteiger partial charge in [-0.1, -0.05) is 0 Å². The third-order valence-electron chi connectivity index (χ3n) is 1.85. The van der Waals surface area contributed by atoms with Crippen molar-refractivity contribution in [2.24, 2.45) is 5.73 Å². The highest BCUT2D eigenvalue weighted by atomic mass is 35.5. The summed E-state index contributed by atoms with van der Waals surface area (Å²) in [7, 11) is 1.01. The molecule has 0 amide bonds. The van der Waals surface area contributed by atoms with Crippen molar-refractivity contribution in [2.75, 3.05) is 7.11 Å². The van der Waals surface area contributed by atoms with Crippen LogP contribution in [0.1, 0.15) is 11.6 Å². The number of esters is 1. The van der Waals surface area contributed by atoms with Gasteiger partial charge in [0.1, 0.15) is 11.9 Å². The molecule has 2 N–H and O–H groups in total. The Morgan fingerprint density at radius 1 is 1.31 bits per heavy atom. The Hall–Kier alpha value is -1.27. The zero-order valence-electron chi connectivity index (χ0n) is 8.17. The lowest BCUT2D eigenvalue weighted by Gasteiger charge is -2.11. The predicted molar refractivity (Wildman–Crippen MR) is 52.5 cm³/mol. The number of benzene rings is 1. The van der Waals surface area contributed by atoms with Gasteiger partial charge in [0.2, 0.25) is 0 Å². The first kappa shape index (κ1) is 14.7. The standard InChI is InChI=1S/C9H8F3NO2.ClH/c1-15-9(14)8(13)6-4(10)2-3-5(11)7(6)12;/h2-3,8H,13H2,1H3;1H. The Morgan fingerprint density at radius 2 is 1.81 bits per heavy atom. The highest BCUT2D eigenvalue weighted by molar-refractivity contribution is 5.85. The lowest BCUT2D eigenvalue weighted by atomic mass is 10.1. The van der Waals surface area contributed by atoms with Crippen LogP contribution in [-0.2, 0) is 9.53 Å². The number of carbonyl (C=O) groups is 1. The SMILES string of the molecule is COC(=O)C(N)c1c(F)ccc(F)c1F.Cl. The number of carbonyl (C=O) groups excluding carboxylic acids is 1. The summed E-state index contributed by atoms with van der Waals surface area (Å²) in [6.45, 7) is 0. The molecule has 0 bridgehead atoms. The third kappa shape index (κ3) is 2.65. The Labute approximate surface area is 95.8 Å². The molecule has 0 saturated heterocycles. The van der Waals surface area contributed by atoms with Gasteiger partial charge >= 0.3 is 5.97 Å². The van der Waals surface area contributed by atoms with Gasteiger partial charge in [-0.25, -0.2) is 13.2 Å². The van der Waals surface area contributed by atoms with Crippen molar-refractivity contribution < 1.29 is 22.7 Å². The first-order chi connectivity index (χ1) is 6.99. The van der Waals surface area contributed by atoms with Crippen molar-refractivity contribution in [1.82, 2.24) is 0 Å². The van der Waals surface area contributed by atoms with Gasteiger partial charge in [0, 0.05) is 0 Å². The molecule has 0 saturated carbocycles. The quantitative estimate of drug-likeness (QED) is 0.646. The van der Waals surface area contributed by atoms with Crippen LogP contribution < -0.4 is 5.73 Å². The zero-order valence-corrected chi connectivity index (χ0v) is 8.98. The average molecular weight is 256 g/mol. The fourth-order valence-corrected chi connectivity index (χ4v) is 1.07. The van der Waals surface area contributed by atoms with Crippen LogP contribution in [0.2, 0.25) is 0 Å². The molecule has 16 heavy (non-hydrogen) atoms. The summed E-state index contributed by atoms with van der Waals surface area (Å²) in [5.74, 6) is -4.89. The summed E-state index contributed by atoms with van der Waals surface area (Å²) in [6.07, 6.45) is 0. The summed E-state index contributed by atoms with van der Waals surface area (Å²) in [4.78, 5) is 10.9. The molecule has 1 atom stereocenters. The molecule has 0 aliphatic heterocycles. The molecule has 3 nitrogen and oxygen atoms in total. The maximum absolute atomic E-state index is 13.1. The maximum Gasteiger partial charge on any atom is 0.327 e. The number of hydrogen-bond donors (Lipinski definition) is 1. The Morgan fingerprint density at radius 3 is 2.31 bits per heavy atom. The van der Waals surface area contributed by atoms with E-state index in [9.17, 15) is 18.0 Å². The second-order valence-corrected chi connectivity index (χ2v) is 2.76. The first-order valence-electron chi connectivity index (χ1n) is 3.95. The highest BCUT2D eigenvalue weighted by Gasteiger charge is 2.25. The second kappa shape index (κ2) is 5.72. The molecule has 1 aromatic rings. The molecule has 0 heterocycles. The monoisotopic (exact) mass is 255 g/mol. The number of methoxy groups -OCH3 is 1. The fraction of sp³-hybridized carbons (Fsp3) is 0.222. The number of hydrogen-bond acceptors (Lipinski definition) is 3. The minimum absolute atomic E-state index is 0. The van der Waals surface area contributed by atoms with Crippen LogP contribution >= 0.6 is 12.4 Å².